The minimum atomic E-state index is -0.316. The molecule has 0 bridgehead atoms. The van der Waals surface area contributed by atoms with Crippen LogP contribution < -0.4 is 4.74 Å². The van der Waals surface area contributed by atoms with Gasteiger partial charge in [-0.3, -0.25) is 0 Å². The highest BCUT2D eigenvalue weighted by Crippen LogP contribution is 2.22. The molecule has 88 valence electrons. The Bertz CT molecular complexity index is 508. The van der Waals surface area contributed by atoms with E-state index in [9.17, 15) is 4.39 Å². The molecule has 0 aliphatic heterocycles. The van der Waals surface area contributed by atoms with E-state index in [1.165, 1.54) is 12.1 Å². The van der Waals surface area contributed by atoms with Crippen molar-refractivity contribution in [2.75, 3.05) is 0 Å². The highest BCUT2D eigenvalue weighted by molar-refractivity contribution is 9.10. The molecule has 0 aromatic heterocycles. The van der Waals surface area contributed by atoms with Gasteiger partial charge in [0.15, 0.2) is 0 Å². The fourth-order valence-electron chi connectivity index (χ4n) is 1.41. The van der Waals surface area contributed by atoms with Gasteiger partial charge in [0, 0.05) is 15.0 Å². The summed E-state index contributed by atoms with van der Waals surface area (Å²) < 4.78 is 20.3. The molecule has 0 N–H and O–H groups in total. The predicted octanol–water partition coefficient (Wildman–Crippen LogP) is 4.93. The zero-order valence-corrected chi connectivity index (χ0v) is 12.0. The molecule has 0 unspecified atom stereocenters. The summed E-state index contributed by atoms with van der Waals surface area (Å²) in [6.45, 7) is 0.412. The topological polar surface area (TPSA) is 9.23 Å². The van der Waals surface area contributed by atoms with Crippen molar-refractivity contribution in [3.63, 3.8) is 0 Å². The standard InChI is InChI=1S/C13H9Br2FO/c14-10-3-1-2-9(4-10)8-17-13-6-11(15)5-12(16)7-13/h1-7H,8H2. The molecule has 1 nitrogen and oxygen atoms in total. The summed E-state index contributed by atoms with van der Waals surface area (Å²) in [5, 5.41) is 0. The minimum Gasteiger partial charge on any atom is -0.489 e. The molecule has 4 heteroatoms. The number of hydrogen-bond acceptors (Lipinski definition) is 1. The first-order chi connectivity index (χ1) is 8.13. The van der Waals surface area contributed by atoms with Gasteiger partial charge in [-0.05, 0) is 29.8 Å². The van der Waals surface area contributed by atoms with Gasteiger partial charge in [-0.1, -0.05) is 44.0 Å². The van der Waals surface area contributed by atoms with Crippen molar-refractivity contribution >= 4 is 31.9 Å². The molecule has 17 heavy (non-hydrogen) atoms. The van der Waals surface area contributed by atoms with Crippen LogP contribution in [-0.4, -0.2) is 0 Å². The summed E-state index contributed by atoms with van der Waals surface area (Å²) in [7, 11) is 0. The van der Waals surface area contributed by atoms with E-state index >= 15 is 0 Å². The van der Waals surface area contributed by atoms with Crippen LogP contribution >= 0.6 is 31.9 Å². The minimum absolute atomic E-state index is 0.316. The highest BCUT2D eigenvalue weighted by Gasteiger charge is 2.01. The third-order valence-electron chi connectivity index (χ3n) is 2.13. The molecule has 0 spiro atoms. The molecule has 0 saturated heterocycles. The van der Waals surface area contributed by atoms with Crippen LogP contribution in [0.5, 0.6) is 5.75 Å². The number of ether oxygens (including phenoxy) is 1. The Balaban J connectivity index is 2.07. The van der Waals surface area contributed by atoms with Gasteiger partial charge in [0.25, 0.3) is 0 Å². The SMILES string of the molecule is Fc1cc(Br)cc(OCc2cccc(Br)c2)c1. The maximum absolute atomic E-state index is 13.1. The Morgan fingerprint density at radius 3 is 2.53 bits per heavy atom. The summed E-state index contributed by atoms with van der Waals surface area (Å²) >= 11 is 6.61. The van der Waals surface area contributed by atoms with Crippen molar-refractivity contribution in [1.82, 2.24) is 0 Å². The third kappa shape index (κ3) is 3.82. The smallest absolute Gasteiger partial charge is 0.128 e. The molecule has 0 amide bonds. The Labute approximate surface area is 116 Å². The monoisotopic (exact) mass is 358 g/mol. The fourth-order valence-corrected chi connectivity index (χ4v) is 2.30. The zero-order valence-electron chi connectivity index (χ0n) is 8.79. The van der Waals surface area contributed by atoms with Crippen LogP contribution in [0.4, 0.5) is 4.39 Å². The van der Waals surface area contributed by atoms with Crippen LogP contribution in [0, 0.1) is 5.82 Å². The van der Waals surface area contributed by atoms with Crippen molar-refractivity contribution in [3.05, 3.63) is 62.8 Å². The normalized spacial score (nSPS) is 10.3. The van der Waals surface area contributed by atoms with Gasteiger partial charge in [-0.25, -0.2) is 4.39 Å². The van der Waals surface area contributed by atoms with E-state index < -0.39 is 0 Å². The van der Waals surface area contributed by atoms with Gasteiger partial charge in [0.05, 0.1) is 0 Å². The highest BCUT2D eigenvalue weighted by atomic mass is 79.9. The van der Waals surface area contributed by atoms with Gasteiger partial charge in [0.2, 0.25) is 0 Å². The number of halogens is 3. The van der Waals surface area contributed by atoms with Crippen molar-refractivity contribution in [3.8, 4) is 5.75 Å². The molecule has 0 saturated carbocycles. The van der Waals surface area contributed by atoms with Gasteiger partial charge in [-0.15, -0.1) is 0 Å². The first-order valence-corrected chi connectivity index (χ1v) is 6.55. The van der Waals surface area contributed by atoms with E-state index in [-0.39, 0.29) is 5.82 Å². The van der Waals surface area contributed by atoms with E-state index in [2.05, 4.69) is 31.9 Å². The second kappa shape index (κ2) is 5.65. The van der Waals surface area contributed by atoms with E-state index in [4.69, 9.17) is 4.74 Å². The molecule has 2 rings (SSSR count). The molecule has 0 fully saturated rings. The third-order valence-corrected chi connectivity index (χ3v) is 3.08. The molecule has 0 aliphatic rings. The number of rotatable bonds is 3. The van der Waals surface area contributed by atoms with Crippen LogP contribution in [0.1, 0.15) is 5.56 Å². The summed E-state index contributed by atoms with van der Waals surface area (Å²) in [6, 6.07) is 12.3. The lowest BCUT2D eigenvalue weighted by Gasteiger charge is -2.07. The second-order valence-corrected chi connectivity index (χ2v) is 5.36. The summed E-state index contributed by atoms with van der Waals surface area (Å²) in [4.78, 5) is 0. The van der Waals surface area contributed by atoms with Crippen molar-refractivity contribution in [2.24, 2.45) is 0 Å². The lowest BCUT2D eigenvalue weighted by Crippen LogP contribution is -1.95. The first kappa shape index (κ1) is 12.6. The molecule has 2 aromatic carbocycles. The quantitative estimate of drug-likeness (QED) is 0.754. The van der Waals surface area contributed by atoms with E-state index in [0.717, 1.165) is 10.0 Å². The summed E-state index contributed by atoms with van der Waals surface area (Å²) in [6.07, 6.45) is 0. The average molecular weight is 360 g/mol. The Hall–Kier alpha value is -0.870. The first-order valence-electron chi connectivity index (χ1n) is 4.97. The molecule has 2 aromatic rings. The maximum Gasteiger partial charge on any atom is 0.128 e. The van der Waals surface area contributed by atoms with Crippen LogP contribution in [-0.2, 0) is 6.61 Å². The largest absolute Gasteiger partial charge is 0.489 e. The number of hydrogen-bond donors (Lipinski definition) is 0. The Morgan fingerprint density at radius 1 is 1.00 bits per heavy atom. The van der Waals surface area contributed by atoms with E-state index in [1.807, 2.05) is 24.3 Å². The van der Waals surface area contributed by atoms with Crippen LogP contribution in [0.15, 0.2) is 51.4 Å². The van der Waals surface area contributed by atoms with Crippen LogP contribution in [0.2, 0.25) is 0 Å². The van der Waals surface area contributed by atoms with E-state index in [0.29, 0.717) is 16.8 Å². The fraction of sp³-hybridized carbons (Fsp3) is 0.0769. The van der Waals surface area contributed by atoms with Gasteiger partial charge >= 0.3 is 0 Å². The molecule has 0 aliphatic carbocycles. The van der Waals surface area contributed by atoms with Crippen LogP contribution in [0.25, 0.3) is 0 Å². The lowest BCUT2D eigenvalue weighted by molar-refractivity contribution is 0.304. The lowest BCUT2D eigenvalue weighted by atomic mass is 10.2. The van der Waals surface area contributed by atoms with Crippen molar-refractivity contribution in [1.29, 1.82) is 0 Å². The average Bonchev–Trinajstić information content (AvgIpc) is 2.25. The van der Waals surface area contributed by atoms with Crippen LogP contribution in [0.3, 0.4) is 0 Å². The molecular weight excluding hydrogens is 351 g/mol. The summed E-state index contributed by atoms with van der Waals surface area (Å²) in [5.41, 5.74) is 1.03. The molecule has 0 radical (unpaired) electrons. The van der Waals surface area contributed by atoms with Crippen molar-refractivity contribution < 1.29 is 9.13 Å². The summed E-state index contributed by atoms with van der Waals surface area (Å²) in [5.74, 6) is 0.195. The molecule has 0 atom stereocenters. The Kier molecular flexibility index (Phi) is 4.18. The van der Waals surface area contributed by atoms with Gasteiger partial charge in [0.1, 0.15) is 18.2 Å². The van der Waals surface area contributed by atoms with Gasteiger partial charge in [-0.2, -0.15) is 0 Å². The molecular formula is C13H9Br2FO. The van der Waals surface area contributed by atoms with E-state index in [1.54, 1.807) is 6.07 Å². The van der Waals surface area contributed by atoms with Gasteiger partial charge < -0.3 is 4.74 Å². The Morgan fingerprint density at radius 2 is 1.82 bits per heavy atom. The predicted molar refractivity (Wildman–Crippen MR) is 72.6 cm³/mol. The molecule has 0 heterocycles. The number of benzene rings is 2. The van der Waals surface area contributed by atoms with Crippen molar-refractivity contribution in [2.45, 2.75) is 6.61 Å². The second-order valence-electron chi connectivity index (χ2n) is 3.52. The zero-order chi connectivity index (χ0) is 12.3. The maximum atomic E-state index is 13.1.